The average Bonchev–Trinajstić information content (AvgIpc) is 2.80. The molecule has 1 aromatic carbocycles. The Morgan fingerprint density at radius 1 is 1.42 bits per heavy atom. The summed E-state index contributed by atoms with van der Waals surface area (Å²) in [5.41, 5.74) is 1.31. The Morgan fingerprint density at radius 3 is 2.95 bits per heavy atom. The van der Waals surface area contributed by atoms with Crippen molar-refractivity contribution in [2.75, 3.05) is 5.32 Å². The Kier molecular flexibility index (Phi) is 4.45. The molecule has 2 aromatic rings. The molecule has 0 unspecified atom stereocenters. The van der Waals surface area contributed by atoms with Crippen LogP contribution in [0.3, 0.4) is 0 Å². The molecule has 2 N–H and O–H groups in total. The molecule has 0 saturated carbocycles. The fourth-order valence-corrected chi connectivity index (χ4v) is 2.07. The zero-order chi connectivity index (χ0) is 13.8. The monoisotopic (exact) mass is 297 g/mol. The Hall–Kier alpha value is -1.52. The summed E-state index contributed by atoms with van der Waals surface area (Å²) in [4.78, 5) is 12.0. The molecule has 1 amide bonds. The number of H-pyrrole nitrogens is 1. The fraction of sp³-hybridized carbons (Fsp3) is 0.231. The molecule has 19 heavy (non-hydrogen) atoms. The molecule has 4 nitrogen and oxygen atoms in total. The van der Waals surface area contributed by atoms with Gasteiger partial charge in [0.1, 0.15) is 0 Å². The molecule has 0 atom stereocenters. The standard InChI is InChI=1S/C13H13Cl2N3O/c1-2-4-8-7-11(18-17-8)16-13(19)9-5-3-6-10(14)12(9)15/h3,5-7H,2,4H2,1H3,(H2,16,17,18,19). The van der Waals surface area contributed by atoms with Gasteiger partial charge in [0.25, 0.3) is 5.91 Å². The van der Waals surface area contributed by atoms with E-state index in [0.717, 1.165) is 18.5 Å². The lowest BCUT2D eigenvalue weighted by Gasteiger charge is -2.04. The molecule has 1 aromatic heterocycles. The van der Waals surface area contributed by atoms with Crippen molar-refractivity contribution < 1.29 is 4.79 Å². The molecule has 0 saturated heterocycles. The third-order valence-electron chi connectivity index (χ3n) is 2.59. The van der Waals surface area contributed by atoms with Crippen molar-refractivity contribution in [2.24, 2.45) is 0 Å². The Labute approximate surface area is 121 Å². The highest BCUT2D eigenvalue weighted by Crippen LogP contribution is 2.26. The number of nitrogens with one attached hydrogen (secondary N) is 2. The van der Waals surface area contributed by atoms with Crippen LogP contribution in [0.1, 0.15) is 29.4 Å². The molecule has 100 valence electrons. The molecule has 0 aliphatic carbocycles. The van der Waals surface area contributed by atoms with Crippen molar-refractivity contribution in [2.45, 2.75) is 19.8 Å². The van der Waals surface area contributed by atoms with E-state index in [0.29, 0.717) is 16.4 Å². The van der Waals surface area contributed by atoms with Gasteiger partial charge in [-0.1, -0.05) is 42.6 Å². The van der Waals surface area contributed by atoms with Crippen LogP contribution in [0, 0.1) is 0 Å². The molecule has 0 aliphatic rings. The number of amides is 1. The van der Waals surface area contributed by atoms with Gasteiger partial charge in [0, 0.05) is 11.8 Å². The zero-order valence-corrected chi connectivity index (χ0v) is 11.8. The minimum Gasteiger partial charge on any atom is -0.305 e. The predicted octanol–water partition coefficient (Wildman–Crippen LogP) is 3.92. The maximum Gasteiger partial charge on any atom is 0.258 e. The first-order chi connectivity index (χ1) is 9.11. The molecular weight excluding hydrogens is 285 g/mol. The van der Waals surface area contributed by atoms with E-state index in [1.165, 1.54) is 0 Å². The normalized spacial score (nSPS) is 10.5. The number of aromatic amines is 1. The van der Waals surface area contributed by atoms with Crippen LogP contribution in [0.4, 0.5) is 5.82 Å². The van der Waals surface area contributed by atoms with Gasteiger partial charge < -0.3 is 5.32 Å². The van der Waals surface area contributed by atoms with Crippen molar-refractivity contribution in [1.82, 2.24) is 10.2 Å². The Bertz CT molecular complexity index is 595. The molecule has 1 heterocycles. The lowest BCUT2D eigenvalue weighted by molar-refractivity contribution is 0.102. The number of carbonyl (C=O) groups is 1. The van der Waals surface area contributed by atoms with Crippen molar-refractivity contribution >= 4 is 34.9 Å². The zero-order valence-electron chi connectivity index (χ0n) is 10.3. The van der Waals surface area contributed by atoms with E-state index in [4.69, 9.17) is 23.2 Å². The van der Waals surface area contributed by atoms with Gasteiger partial charge in [-0.2, -0.15) is 5.10 Å². The molecule has 0 radical (unpaired) electrons. The van der Waals surface area contributed by atoms with Gasteiger partial charge in [0.15, 0.2) is 5.82 Å². The first kappa shape index (κ1) is 13.9. The van der Waals surface area contributed by atoms with Crippen LogP contribution in [0.15, 0.2) is 24.3 Å². The van der Waals surface area contributed by atoms with Crippen LogP contribution in [0.2, 0.25) is 10.0 Å². The van der Waals surface area contributed by atoms with Crippen LogP contribution in [0.5, 0.6) is 0 Å². The van der Waals surface area contributed by atoms with E-state index in [1.54, 1.807) is 24.3 Å². The smallest absolute Gasteiger partial charge is 0.258 e. The number of nitrogens with zero attached hydrogens (tertiary/aromatic N) is 1. The van der Waals surface area contributed by atoms with Gasteiger partial charge in [-0.05, 0) is 18.6 Å². The quantitative estimate of drug-likeness (QED) is 0.898. The number of hydrogen-bond acceptors (Lipinski definition) is 2. The van der Waals surface area contributed by atoms with Crippen molar-refractivity contribution in [1.29, 1.82) is 0 Å². The summed E-state index contributed by atoms with van der Waals surface area (Å²) in [7, 11) is 0. The Balaban J connectivity index is 2.14. The number of halogens is 2. The predicted molar refractivity (Wildman–Crippen MR) is 77.0 cm³/mol. The molecule has 0 spiro atoms. The first-order valence-electron chi connectivity index (χ1n) is 5.91. The summed E-state index contributed by atoms with van der Waals surface area (Å²) in [6.07, 6.45) is 1.90. The van der Waals surface area contributed by atoms with Crippen LogP contribution < -0.4 is 5.32 Å². The minimum absolute atomic E-state index is 0.242. The summed E-state index contributed by atoms with van der Waals surface area (Å²) >= 11 is 11.9. The summed E-state index contributed by atoms with van der Waals surface area (Å²) < 4.78 is 0. The molecule has 0 aliphatic heterocycles. The molecule has 0 bridgehead atoms. The number of rotatable bonds is 4. The molecule has 0 fully saturated rings. The van der Waals surface area contributed by atoms with Gasteiger partial charge in [-0.15, -0.1) is 0 Å². The number of benzene rings is 1. The second-order valence-corrected chi connectivity index (χ2v) is 4.87. The molecule has 2 rings (SSSR count). The highest BCUT2D eigenvalue weighted by molar-refractivity contribution is 6.44. The second kappa shape index (κ2) is 6.08. The van der Waals surface area contributed by atoms with Crippen molar-refractivity contribution in [3.05, 3.63) is 45.6 Å². The number of aryl methyl sites for hydroxylation is 1. The summed E-state index contributed by atoms with van der Waals surface area (Å²) in [6, 6.07) is 6.73. The topological polar surface area (TPSA) is 57.8 Å². The van der Waals surface area contributed by atoms with E-state index in [-0.39, 0.29) is 10.9 Å². The lowest BCUT2D eigenvalue weighted by Crippen LogP contribution is -2.12. The second-order valence-electron chi connectivity index (χ2n) is 4.08. The van der Waals surface area contributed by atoms with Crippen LogP contribution in [-0.2, 0) is 6.42 Å². The van der Waals surface area contributed by atoms with Gasteiger partial charge in [0.2, 0.25) is 0 Å². The van der Waals surface area contributed by atoms with Crippen LogP contribution in [0.25, 0.3) is 0 Å². The number of carbonyl (C=O) groups excluding carboxylic acids is 1. The summed E-state index contributed by atoms with van der Waals surface area (Å²) in [5, 5.41) is 10.2. The van der Waals surface area contributed by atoms with Crippen molar-refractivity contribution in [3.63, 3.8) is 0 Å². The first-order valence-corrected chi connectivity index (χ1v) is 6.67. The molecular formula is C13H13Cl2N3O. The minimum atomic E-state index is -0.331. The third-order valence-corrected chi connectivity index (χ3v) is 3.41. The SMILES string of the molecule is CCCc1cc(NC(=O)c2cccc(Cl)c2Cl)n[nH]1. The number of hydrogen-bond donors (Lipinski definition) is 2. The van der Waals surface area contributed by atoms with Crippen molar-refractivity contribution in [3.8, 4) is 0 Å². The molecule has 6 heteroatoms. The van der Waals surface area contributed by atoms with Crippen LogP contribution >= 0.6 is 23.2 Å². The summed E-state index contributed by atoms with van der Waals surface area (Å²) in [6.45, 7) is 2.07. The van der Waals surface area contributed by atoms with E-state index < -0.39 is 0 Å². The maximum atomic E-state index is 12.0. The fourth-order valence-electron chi connectivity index (χ4n) is 1.69. The average molecular weight is 298 g/mol. The van der Waals surface area contributed by atoms with Gasteiger partial charge in [-0.25, -0.2) is 0 Å². The number of anilines is 1. The van der Waals surface area contributed by atoms with Crippen LogP contribution in [-0.4, -0.2) is 16.1 Å². The lowest BCUT2D eigenvalue weighted by atomic mass is 10.2. The van der Waals surface area contributed by atoms with Gasteiger partial charge in [0.05, 0.1) is 15.6 Å². The van der Waals surface area contributed by atoms with Gasteiger partial charge in [-0.3, -0.25) is 9.89 Å². The largest absolute Gasteiger partial charge is 0.305 e. The Morgan fingerprint density at radius 2 is 2.21 bits per heavy atom. The highest BCUT2D eigenvalue weighted by Gasteiger charge is 2.13. The number of aromatic nitrogens is 2. The summed E-state index contributed by atoms with van der Waals surface area (Å²) in [5.74, 6) is 0.145. The van der Waals surface area contributed by atoms with E-state index in [9.17, 15) is 4.79 Å². The van der Waals surface area contributed by atoms with Gasteiger partial charge >= 0.3 is 0 Å². The maximum absolute atomic E-state index is 12.0. The van der Waals surface area contributed by atoms with E-state index in [1.807, 2.05) is 0 Å². The van der Waals surface area contributed by atoms with E-state index >= 15 is 0 Å². The van der Waals surface area contributed by atoms with E-state index in [2.05, 4.69) is 22.4 Å². The third kappa shape index (κ3) is 3.28. The highest BCUT2D eigenvalue weighted by atomic mass is 35.5.